The van der Waals surface area contributed by atoms with E-state index in [1.54, 1.807) is 0 Å². The Bertz CT molecular complexity index is 2960. The molecule has 0 spiro atoms. The molecule has 49 heavy (non-hydrogen) atoms. The molecule has 226 valence electrons. The van der Waals surface area contributed by atoms with Gasteiger partial charge in [-0.25, -0.2) is 0 Å². The Morgan fingerprint density at radius 2 is 1.04 bits per heavy atom. The molecular weight excluding hydrogens is 613 g/mol. The van der Waals surface area contributed by atoms with Crippen molar-refractivity contribution in [3.05, 3.63) is 158 Å². The molecular formula is C44H26BN3S. The highest BCUT2D eigenvalue weighted by Crippen LogP contribution is 2.48. The van der Waals surface area contributed by atoms with E-state index in [2.05, 4.69) is 172 Å². The van der Waals surface area contributed by atoms with Gasteiger partial charge in [0.2, 0.25) is 0 Å². The number of para-hydroxylation sites is 4. The molecule has 2 aliphatic heterocycles. The number of benzene rings is 7. The molecule has 2 aliphatic rings. The van der Waals surface area contributed by atoms with Gasteiger partial charge >= 0.3 is 0 Å². The summed E-state index contributed by atoms with van der Waals surface area (Å²) in [6.07, 6.45) is 0. The molecule has 0 saturated heterocycles. The third-order valence-corrected chi connectivity index (χ3v) is 12.1. The van der Waals surface area contributed by atoms with Gasteiger partial charge in [0.25, 0.3) is 6.71 Å². The van der Waals surface area contributed by atoms with Crippen LogP contribution in [0.25, 0.3) is 48.2 Å². The Labute approximate surface area is 286 Å². The first-order valence-corrected chi connectivity index (χ1v) is 17.7. The van der Waals surface area contributed by atoms with Crippen LogP contribution in [0, 0.1) is 0 Å². The normalized spacial score (nSPS) is 13.6. The van der Waals surface area contributed by atoms with Crippen LogP contribution in [-0.2, 0) is 0 Å². The molecule has 0 saturated carbocycles. The van der Waals surface area contributed by atoms with E-state index in [-0.39, 0.29) is 6.71 Å². The molecule has 5 heterocycles. The van der Waals surface area contributed by atoms with Gasteiger partial charge in [0.1, 0.15) is 0 Å². The molecule has 3 nitrogen and oxygen atoms in total. The monoisotopic (exact) mass is 639 g/mol. The van der Waals surface area contributed by atoms with E-state index in [0.29, 0.717) is 0 Å². The number of nitrogens with zero attached hydrogens (tertiary/aromatic N) is 3. The van der Waals surface area contributed by atoms with Gasteiger partial charge in [-0.3, -0.25) is 0 Å². The largest absolute Gasteiger partial charge is 0.311 e. The first-order chi connectivity index (χ1) is 24.3. The molecule has 0 aliphatic carbocycles. The maximum absolute atomic E-state index is 2.54. The summed E-state index contributed by atoms with van der Waals surface area (Å²) in [6.45, 7) is 0.0773. The highest BCUT2D eigenvalue weighted by molar-refractivity contribution is 7.26. The summed E-state index contributed by atoms with van der Waals surface area (Å²) in [5.74, 6) is 0. The van der Waals surface area contributed by atoms with E-state index in [9.17, 15) is 0 Å². The average Bonchev–Trinajstić information content (AvgIpc) is 3.82. The quantitative estimate of drug-likeness (QED) is 0.174. The van der Waals surface area contributed by atoms with Gasteiger partial charge in [0, 0.05) is 54.7 Å². The number of rotatable bonds is 2. The minimum atomic E-state index is 0.0773. The Hall–Kier alpha value is -6.04. The molecule has 0 bridgehead atoms. The Kier molecular flexibility index (Phi) is 4.94. The molecule has 10 aromatic rings. The van der Waals surface area contributed by atoms with E-state index in [1.165, 1.54) is 98.0 Å². The van der Waals surface area contributed by atoms with Crippen LogP contribution in [0.5, 0.6) is 0 Å². The van der Waals surface area contributed by atoms with Crippen LogP contribution in [0.3, 0.4) is 0 Å². The number of fused-ring (bicyclic) bond motifs is 12. The van der Waals surface area contributed by atoms with Crippen LogP contribution in [0.15, 0.2) is 158 Å². The highest BCUT2D eigenvalue weighted by atomic mass is 32.1. The van der Waals surface area contributed by atoms with Crippen molar-refractivity contribution in [2.75, 3.05) is 9.80 Å². The number of aromatic nitrogens is 1. The summed E-state index contributed by atoms with van der Waals surface area (Å²) in [5, 5.41) is 7.89. The van der Waals surface area contributed by atoms with Crippen molar-refractivity contribution in [2.24, 2.45) is 0 Å². The number of hydrogen-bond acceptors (Lipinski definition) is 3. The van der Waals surface area contributed by atoms with Gasteiger partial charge in [-0.05, 0) is 76.4 Å². The SMILES string of the molecule is c1ccc(N2c3cc4c(cc3B3c5c2cccc5N(c2ccccc2)c2sc5ccccc5c23)c2cccc3c5ccccc5n4c32)cc1. The van der Waals surface area contributed by atoms with Crippen molar-refractivity contribution < 1.29 is 0 Å². The van der Waals surface area contributed by atoms with Gasteiger partial charge < -0.3 is 14.2 Å². The zero-order valence-electron chi connectivity index (χ0n) is 26.3. The molecule has 7 aromatic carbocycles. The Morgan fingerprint density at radius 3 is 1.84 bits per heavy atom. The Balaban J connectivity index is 1.27. The number of thiophene rings is 1. The second kappa shape index (κ2) is 9.31. The molecule has 0 fully saturated rings. The van der Waals surface area contributed by atoms with E-state index in [4.69, 9.17) is 0 Å². The molecule has 0 amide bonds. The number of anilines is 6. The third kappa shape index (κ3) is 3.23. The lowest BCUT2D eigenvalue weighted by Crippen LogP contribution is -2.61. The maximum atomic E-state index is 2.54. The van der Waals surface area contributed by atoms with Gasteiger partial charge in [-0.2, -0.15) is 0 Å². The predicted molar refractivity (Wildman–Crippen MR) is 211 cm³/mol. The summed E-state index contributed by atoms with van der Waals surface area (Å²) in [6, 6.07) is 58.4. The molecule has 3 aromatic heterocycles. The molecule has 0 radical (unpaired) electrons. The van der Waals surface area contributed by atoms with Crippen LogP contribution in [-0.4, -0.2) is 11.1 Å². The fourth-order valence-corrected chi connectivity index (χ4v) is 10.3. The molecule has 12 rings (SSSR count). The van der Waals surface area contributed by atoms with E-state index in [0.717, 1.165) is 0 Å². The van der Waals surface area contributed by atoms with Crippen LogP contribution in [0.4, 0.5) is 33.4 Å². The Morgan fingerprint density at radius 1 is 0.429 bits per heavy atom. The smallest absolute Gasteiger partial charge is 0.254 e. The second-order valence-corrected chi connectivity index (χ2v) is 14.3. The predicted octanol–water partition coefficient (Wildman–Crippen LogP) is 10.1. The van der Waals surface area contributed by atoms with Crippen molar-refractivity contribution in [1.29, 1.82) is 0 Å². The van der Waals surface area contributed by atoms with Crippen LogP contribution in [0.2, 0.25) is 0 Å². The van der Waals surface area contributed by atoms with Crippen LogP contribution < -0.4 is 26.2 Å². The van der Waals surface area contributed by atoms with Crippen molar-refractivity contribution in [3.8, 4) is 0 Å². The first kappa shape index (κ1) is 26.0. The summed E-state index contributed by atoms with van der Waals surface area (Å²) < 4.78 is 3.83. The molecule has 0 N–H and O–H groups in total. The fraction of sp³-hybridized carbons (Fsp3) is 0. The molecule has 5 heteroatoms. The lowest BCUT2D eigenvalue weighted by molar-refractivity contribution is 1.27. The zero-order chi connectivity index (χ0) is 31.8. The first-order valence-electron chi connectivity index (χ1n) is 16.9. The molecule has 0 unspecified atom stereocenters. The van der Waals surface area contributed by atoms with Gasteiger partial charge in [-0.1, -0.05) is 103 Å². The van der Waals surface area contributed by atoms with Crippen molar-refractivity contribution in [1.82, 2.24) is 4.40 Å². The summed E-state index contributed by atoms with van der Waals surface area (Å²) in [5.41, 5.74) is 14.0. The lowest BCUT2D eigenvalue weighted by Gasteiger charge is -2.43. The topological polar surface area (TPSA) is 10.9 Å². The van der Waals surface area contributed by atoms with Crippen molar-refractivity contribution >= 4 is 116 Å². The minimum Gasteiger partial charge on any atom is -0.311 e. The fourth-order valence-electron chi connectivity index (χ4n) is 9.01. The lowest BCUT2D eigenvalue weighted by atomic mass is 9.33. The summed E-state index contributed by atoms with van der Waals surface area (Å²) in [4.78, 5) is 5.02. The highest BCUT2D eigenvalue weighted by Gasteiger charge is 2.45. The third-order valence-electron chi connectivity index (χ3n) is 10.9. The maximum Gasteiger partial charge on any atom is 0.254 e. The van der Waals surface area contributed by atoms with Crippen molar-refractivity contribution in [3.63, 3.8) is 0 Å². The van der Waals surface area contributed by atoms with Crippen LogP contribution in [0.1, 0.15) is 0 Å². The summed E-state index contributed by atoms with van der Waals surface area (Å²) in [7, 11) is 0. The minimum absolute atomic E-state index is 0.0773. The van der Waals surface area contributed by atoms with E-state index in [1.807, 2.05) is 11.3 Å². The van der Waals surface area contributed by atoms with E-state index < -0.39 is 0 Å². The van der Waals surface area contributed by atoms with Gasteiger partial charge in [0.15, 0.2) is 0 Å². The standard InChI is InChI=1S/C44H26BN3S/c1-3-13-27(14-4-1)46-36-22-12-23-37-42(36)45(41-32-18-8-10-24-40(32)49-44(41)47(37)28-15-5-2-6-16-28)34-25-33-31-20-11-19-30-29-17-7-9-21-35(29)48(43(30)31)38(33)26-39(34)46/h1-26H. The number of hydrogen-bond donors (Lipinski definition) is 0. The van der Waals surface area contributed by atoms with E-state index >= 15 is 0 Å². The summed E-state index contributed by atoms with van der Waals surface area (Å²) >= 11 is 1.91. The molecule has 0 atom stereocenters. The zero-order valence-corrected chi connectivity index (χ0v) is 27.2. The van der Waals surface area contributed by atoms with Gasteiger partial charge in [0.05, 0.1) is 21.6 Å². The van der Waals surface area contributed by atoms with Crippen molar-refractivity contribution in [2.45, 2.75) is 0 Å². The second-order valence-electron chi connectivity index (χ2n) is 13.3. The average molecular weight is 640 g/mol. The van der Waals surface area contributed by atoms with Crippen LogP contribution >= 0.6 is 11.3 Å². The van der Waals surface area contributed by atoms with Gasteiger partial charge in [-0.15, -0.1) is 11.3 Å².